The number of hydrogen-bond acceptors (Lipinski definition) is 5. The third kappa shape index (κ3) is 6.68. The molecule has 3 rings (SSSR count). The van der Waals surface area contributed by atoms with Crippen LogP contribution in [0.15, 0.2) is 77.9 Å². The van der Waals surface area contributed by atoms with Crippen LogP contribution in [0.4, 0.5) is 0 Å². The van der Waals surface area contributed by atoms with Gasteiger partial charge in [0.1, 0.15) is 11.5 Å². The summed E-state index contributed by atoms with van der Waals surface area (Å²) in [5, 5.41) is 4.24. The number of hydrazone groups is 1. The van der Waals surface area contributed by atoms with Gasteiger partial charge in [0.05, 0.1) is 16.8 Å². The van der Waals surface area contributed by atoms with Gasteiger partial charge in [-0.05, 0) is 65.6 Å². The highest BCUT2D eigenvalue weighted by Crippen LogP contribution is 2.19. The molecule has 0 aliphatic carbocycles. The summed E-state index contributed by atoms with van der Waals surface area (Å²) in [6.45, 7) is 4.08. The Morgan fingerprint density at radius 1 is 0.969 bits per heavy atom. The van der Waals surface area contributed by atoms with E-state index in [1.165, 1.54) is 11.8 Å². The van der Waals surface area contributed by atoms with Crippen LogP contribution in [0, 0.1) is 0 Å². The van der Waals surface area contributed by atoms with E-state index in [-0.39, 0.29) is 12.5 Å². The average molecular weight is 451 g/mol. The Morgan fingerprint density at radius 2 is 1.62 bits per heavy atom. The lowest BCUT2D eigenvalue weighted by Crippen LogP contribution is -2.24. The van der Waals surface area contributed by atoms with E-state index >= 15 is 0 Å². The molecule has 32 heavy (non-hydrogen) atoms. The zero-order chi connectivity index (χ0) is 22.9. The molecular formula is C25H23ClN2O4. The van der Waals surface area contributed by atoms with Crippen molar-refractivity contribution in [2.75, 3.05) is 6.61 Å². The summed E-state index contributed by atoms with van der Waals surface area (Å²) in [4.78, 5) is 24.1. The number of esters is 1. The van der Waals surface area contributed by atoms with Crippen LogP contribution >= 0.6 is 11.6 Å². The molecule has 1 N–H and O–H groups in total. The number of nitrogens with zero attached hydrogens (tertiary/aromatic N) is 1. The van der Waals surface area contributed by atoms with E-state index in [0.29, 0.717) is 33.6 Å². The predicted molar refractivity (Wildman–Crippen MR) is 125 cm³/mol. The molecule has 0 aliphatic heterocycles. The van der Waals surface area contributed by atoms with Crippen molar-refractivity contribution < 1.29 is 19.1 Å². The first-order chi connectivity index (χ1) is 15.4. The van der Waals surface area contributed by atoms with Crippen molar-refractivity contribution in [3.05, 3.63) is 94.5 Å². The van der Waals surface area contributed by atoms with Gasteiger partial charge < -0.3 is 9.47 Å². The molecule has 1 amide bonds. The molecule has 0 aliphatic rings. The van der Waals surface area contributed by atoms with E-state index in [0.717, 1.165) is 0 Å². The second-order valence-corrected chi connectivity index (χ2v) is 7.65. The van der Waals surface area contributed by atoms with Gasteiger partial charge in [-0.2, -0.15) is 5.10 Å². The fourth-order valence-electron chi connectivity index (χ4n) is 2.72. The van der Waals surface area contributed by atoms with Crippen LogP contribution in [0.2, 0.25) is 5.02 Å². The molecule has 0 saturated carbocycles. The lowest BCUT2D eigenvalue weighted by atomic mass is 10.0. The van der Waals surface area contributed by atoms with Crippen molar-refractivity contribution in [1.29, 1.82) is 0 Å². The van der Waals surface area contributed by atoms with Crippen molar-refractivity contribution in [3.8, 4) is 11.5 Å². The normalized spacial score (nSPS) is 10.9. The van der Waals surface area contributed by atoms with E-state index in [4.69, 9.17) is 21.1 Å². The van der Waals surface area contributed by atoms with Gasteiger partial charge in [-0.25, -0.2) is 10.2 Å². The highest BCUT2D eigenvalue weighted by Gasteiger charge is 2.12. The fourth-order valence-corrected chi connectivity index (χ4v) is 2.93. The number of nitrogens with one attached hydrogen (secondary N) is 1. The smallest absolute Gasteiger partial charge is 0.345 e. The first-order valence-electron chi connectivity index (χ1n) is 10.0. The quantitative estimate of drug-likeness (QED) is 0.221. The van der Waals surface area contributed by atoms with Crippen LogP contribution < -0.4 is 14.9 Å². The van der Waals surface area contributed by atoms with E-state index < -0.39 is 5.97 Å². The van der Waals surface area contributed by atoms with Crippen LogP contribution in [0.3, 0.4) is 0 Å². The highest BCUT2D eigenvalue weighted by atomic mass is 35.5. The SMILES string of the molecule is CC(C)c1ccc(OCC(=O)N/N=C\c2ccc(OC(=O)c3ccccc3Cl)cc2)cc1. The number of carbonyl (C=O) groups is 2. The van der Waals surface area contributed by atoms with Crippen LogP contribution in [0.5, 0.6) is 11.5 Å². The largest absolute Gasteiger partial charge is 0.484 e. The Kier molecular flexibility index (Phi) is 8.00. The minimum Gasteiger partial charge on any atom is -0.484 e. The van der Waals surface area contributed by atoms with E-state index in [2.05, 4.69) is 24.4 Å². The zero-order valence-corrected chi connectivity index (χ0v) is 18.5. The topological polar surface area (TPSA) is 77.0 Å². The average Bonchev–Trinajstić information content (AvgIpc) is 2.79. The van der Waals surface area contributed by atoms with Crippen LogP contribution in [-0.4, -0.2) is 24.7 Å². The van der Waals surface area contributed by atoms with Gasteiger partial charge in [-0.15, -0.1) is 0 Å². The standard InChI is InChI=1S/C25H23ClN2O4/c1-17(2)19-9-13-20(14-10-19)31-16-24(29)28-27-15-18-7-11-21(12-8-18)32-25(30)22-5-3-4-6-23(22)26/h3-15,17H,16H2,1-2H3,(H,28,29)/b27-15-. The maximum Gasteiger partial charge on any atom is 0.345 e. The van der Waals surface area contributed by atoms with Crippen molar-refractivity contribution >= 4 is 29.7 Å². The molecule has 0 fully saturated rings. The van der Waals surface area contributed by atoms with Gasteiger partial charge in [-0.1, -0.05) is 49.7 Å². The molecule has 0 unspecified atom stereocenters. The number of carbonyl (C=O) groups excluding carboxylic acids is 2. The Morgan fingerprint density at radius 3 is 2.28 bits per heavy atom. The zero-order valence-electron chi connectivity index (χ0n) is 17.7. The number of benzene rings is 3. The monoisotopic (exact) mass is 450 g/mol. The molecule has 0 radical (unpaired) electrons. The van der Waals surface area contributed by atoms with Crippen LogP contribution in [0.25, 0.3) is 0 Å². The summed E-state index contributed by atoms with van der Waals surface area (Å²) >= 11 is 6.01. The number of amides is 1. The molecule has 6 nitrogen and oxygen atoms in total. The lowest BCUT2D eigenvalue weighted by Gasteiger charge is -2.08. The number of hydrogen-bond donors (Lipinski definition) is 1. The molecule has 0 aromatic heterocycles. The second-order valence-electron chi connectivity index (χ2n) is 7.24. The molecule has 0 atom stereocenters. The van der Waals surface area contributed by atoms with Crippen LogP contribution in [0.1, 0.15) is 41.3 Å². The first kappa shape index (κ1) is 23.0. The Balaban J connectivity index is 1.45. The summed E-state index contributed by atoms with van der Waals surface area (Å²) < 4.78 is 10.8. The van der Waals surface area contributed by atoms with E-state index in [1.54, 1.807) is 48.5 Å². The van der Waals surface area contributed by atoms with Gasteiger partial charge in [0.15, 0.2) is 6.61 Å². The molecule has 7 heteroatoms. The maximum atomic E-state index is 12.2. The summed E-state index contributed by atoms with van der Waals surface area (Å²) in [6, 6.07) is 21.0. The number of rotatable bonds is 8. The minimum atomic E-state index is -0.539. The van der Waals surface area contributed by atoms with Crippen LogP contribution in [-0.2, 0) is 4.79 Å². The Bertz CT molecular complexity index is 1090. The number of ether oxygens (including phenoxy) is 2. The molecule has 164 valence electrons. The van der Waals surface area contributed by atoms with Crippen molar-refractivity contribution in [3.63, 3.8) is 0 Å². The molecule has 0 bridgehead atoms. The molecule has 0 heterocycles. The lowest BCUT2D eigenvalue weighted by molar-refractivity contribution is -0.123. The predicted octanol–water partition coefficient (Wildman–Crippen LogP) is 5.21. The molecule has 0 spiro atoms. The molecule has 0 saturated heterocycles. The summed E-state index contributed by atoms with van der Waals surface area (Å²) in [6.07, 6.45) is 1.48. The van der Waals surface area contributed by atoms with Crippen molar-refractivity contribution in [2.45, 2.75) is 19.8 Å². The summed E-state index contributed by atoms with van der Waals surface area (Å²) in [5.74, 6) is 0.510. The third-order valence-electron chi connectivity index (χ3n) is 4.50. The molecular weight excluding hydrogens is 428 g/mol. The summed E-state index contributed by atoms with van der Waals surface area (Å²) in [5.41, 5.74) is 4.62. The van der Waals surface area contributed by atoms with Crippen molar-refractivity contribution in [1.82, 2.24) is 5.43 Å². The van der Waals surface area contributed by atoms with Gasteiger partial charge in [0, 0.05) is 0 Å². The third-order valence-corrected chi connectivity index (χ3v) is 4.83. The minimum absolute atomic E-state index is 0.144. The van der Waals surface area contributed by atoms with Gasteiger partial charge in [-0.3, -0.25) is 4.79 Å². The second kappa shape index (κ2) is 11.1. The van der Waals surface area contributed by atoms with Gasteiger partial charge in [0.2, 0.25) is 0 Å². The maximum absolute atomic E-state index is 12.2. The summed E-state index contributed by atoms with van der Waals surface area (Å²) in [7, 11) is 0. The van der Waals surface area contributed by atoms with E-state index in [1.807, 2.05) is 24.3 Å². The highest BCUT2D eigenvalue weighted by molar-refractivity contribution is 6.33. The Hall–Kier alpha value is -3.64. The van der Waals surface area contributed by atoms with Gasteiger partial charge in [0.25, 0.3) is 5.91 Å². The van der Waals surface area contributed by atoms with E-state index in [9.17, 15) is 9.59 Å². The fraction of sp³-hybridized carbons (Fsp3) is 0.160. The first-order valence-corrected chi connectivity index (χ1v) is 10.4. The van der Waals surface area contributed by atoms with Gasteiger partial charge >= 0.3 is 5.97 Å². The molecule has 3 aromatic rings. The Labute approximate surface area is 191 Å². The number of halogens is 1. The van der Waals surface area contributed by atoms with Crippen molar-refractivity contribution in [2.24, 2.45) is 5.10 Å². The molecule has 3 aromatic carbocycles.